The first-order chi connectivity index (χ1) is 7.85. The predicted molar refractivity (Wildman–Crippen MR) is 59.4 cm³/mol. The average Bonchev–Trinajstić information content (AvgIpc) is 2.77. The van der Waals surface area contributed by atoms with Crippen molar-refractivity contribution in [2.24, 2.45) is 5.73 Å². The van der Waals surface area contributed by atoms with E-state index < -0.39 is 6.67 Å². The van der Waals surface area contributed by atoms with Crippen LogP contribution in [-0.4, -0.2) is 13.3 Å². The molecule has 0 unspecified atom stereocenters. The number of fused-ring (bicyclic) bond motifs is 1. The van der Waals surface area contributed by atoms with Gasteiger partial charge in [0.1, 0.15) is 6.67 Å². The highest BCUT2D eigenvalue weighted by Gasteiger charge is 2.18. The number of aryl methyl sites for hydroxylation is 1. The third kappa shape index (κ3) is 2.27. The number of rotatable bonds is 5. The highest BCUT2D eigenvalue weighted by molar-refractivity contribution is 5.50. The summed E-state index contributed by atoms with van der Waals surface area (Å²) in [7, 11) is 0. The zero-order valence-electron chi connectivity index (χ0n) is 9.17. The number of hydrogen-bond donors (Lipinski definition) is 1. The van der Waals surface area contributed by atoms with Gasteiger partial charge in [0.15, 0.2) is 11.5 Å². The molecule has 0 fully saturated rings. The molecule has 1 aliphatic heterocycles. The van der Waals surface area contributed by atoms with Crippen LogP contribution in [-0.2, 0) is 13.1 Å². The van der Waals surface area contributed by atoms with E-state index in [2.05, 4.69) is 0 Å². The molecule has 2 rings (SSSR count). The lowest BCUT2D eigenvalue weighted by atomic mass is 10.0. The van der Waals surface area contributed by atoms with Gasteiger partial charge in [-0.05, 0) is 49.1 Å². The third-order valence-electron chi connectivity index (χ3n) is 2.66. The van der Waals surface area contributed by atoms with E-state index in [9.17, 15) is 4.39 Å². The minimum Gasteiger partial charge on any atom is -0.454 e. The number of ether oxygens (including phenoxy) is 2. The molecular weight excluding hydrogens is 209 g/mol. The molecule has 3 nitrogen and oxygen atoms in total. The maximum absolute atomic E-state index is 12.6. The molecule has 0 atom stereocenters. The van der Waals surface area contributed by atoms with Crippen molar-refractivity contribution in [2.75, 3.05) is 13.3 Å². The van der Waals surface area contributed by atoms with Crippen molar-refractivity contribution in [3.05, 3.63) is 23.3 Å². The summed E-state index contributed by atoms with van der Waals surface area (Å²) in [6.07, 6.45) is 2.81. The van der Waals surface area contributed by atoms with Crippen molar-refractivity contribution in [3.8, 4) is 11.5 Å². The van der Waals surface area contributed by atoms with E-state index >= 15 is 0 Å². The lowest BCUT2D eigenvalue weighted by Gasteiger charge is -2.07. The second kappa shape index (κ2) is 5.16. The molecule has 1 heterocycles. The summed E-state index contributed by atoms with van der Waals surface area (Å²) in [5.74, 6) is 1.44. The minimum atomic E-state index is -0.472. The summed E-state index contributed by atoms with van der Waals surface area (Å²) in [4.78, 5) is 0. The number of unbranched alkanes of at least 4 members (excludes halogenated alkanes) is 1. The Morgan fingerprint density at radius 3 is 2.88 bits per heavy atom. The summed E-state index contributed by atoms with van der Waals surface area (Å²) in [6, 6.07) is 3.55. The van der Waals surface area contributed by atoms with Crippen LogP contribution in [0.3, 0.4) is 0 Å². The molecule has 0 radical (unpaired) electrons. The molecule has 1 aromatic carbocycles. The monoisotopic (exact) mass is 225 g/mol. The Morgan fingerprint density at radius 2 is 2.12 bits per heavy atom. The fourth-order valence-corrected chi connectivity index (χ4v) is 1.87. The van der Waals surface area contributed by atoms with E-state index in [0.29, 0.717) is 17.9 Å². The molecule has 2 N–H and O–H groups in total. The fourth-order valence-electron chi connectivity index (χ4n) is 1.87. The maximum Gasteiger partial charge on any atom is 0.231 e. The molecule has 1 aromatic rings. The van der Waals surface area contributed by atoms with Crippen LogP contribution in [0.15, 0.2) is 12.1 Å². The number of halogens is 1. The highest BCUT2D eigenvalue weighted by Crippen LogP contribution is 2.37. The average molecular weight is 225 g/mol. The third-order valence-corrected chi connectivity index (χ3v) is 2.66. The van der Waals surface area contributed by atoms with Crippen LogP contribution in [0.1, 0.15) is 24.0 Å². The Labute approximate surface area is 94.3 Å². The van der Waals surface area contributed by atoms with Crippen molar-refractivity contribution < 1.29 is 13.9 Å². The van der Waals surface area contributed by atoms with Gasteiger partial charge in [-0.2, -0.15) is 0 Å². The quantitative estimate of drug-likeness (QED) is 0.781. The predicted octanol–water partition coefficient (Wildman–Crippen LogP) is 2.17. The lowest BCUT2D eigenvalue weighted by molar-refractivity contribution is 0.173. The Morgan fingerprint density at radius 1 is 1.25 bits per heavy atom. The topological polar surface area (TPSA) is 44.5 Å². The van der Waals surface area contributed by atoms with E-state index in [1.807, 2.05) is 6.07 Å². The van der Waals surface area contributed by atoms with Crippen LogP contribution < -0.4 is 15.2 Å². The minimum absolute atomic E-state index is 0.231. The van der Waals surface area contributed by atoms with E-state index in [1.54, 1.807) is 6.07 Å². The van der Waals surface area contributed by atoms with Gasteiger partial charge >= 0.3 is 0 Å². The first-order valence-corrected chi connectivity index (χ1v) is 5.52. The molecule has 88 valence electrons. The SMILES string of the molecule is NCCCCc1cc(CF)cc2c1OCO2. The van der Waals surface area contributed by atoms with Crippen molar-refractivity contribution in [2.45, 2.75) is 25.9 Å². The zero-order valence-corrected chi connectivity index (χ0v) is 9.17. The normalized spacial score (nSPS) is 13.1. The molecule has 1 aliphatic rings. The van der Waals surface area contributed by atoms with Gasteiger partial charge in [0.2, 0.25) is 6.79 Å². The molecule has 0 aromatic heterocycles. The largest absolute Gasteiger partial charge is 0.454 e. The second-order valence-corrected chi connectivity index (χ2v) is 3.87. The number of hydrogen-bond acceptors (Lipinski definition) is 3. The number of benzene rings is 1. The van der Waals surface area contributed by atoms with E-state index in [4.69, 9.17) is 15.2 Å². The summed E-state index contributed by atoms with van der Waals surface area (Å²) in [5, 5.41) is 0. The van der Waals surface area contributed by atoms with Gasteiger partial charge in [0.25, 0.3) is 0 Å². The Hall–Kier alpha value is -1.29. The molecule has 0 saturated carbocycles. The van der Waals surface area contributed by atoms with E-state index in [-0.39, 0.29) is 6.79 Å². The second-order valence-electron chi connectivity index (χ2n) is 3.87. The maximum atomic E-state index is 12.6. The van der Waals surface area contributed by atoms with Crippen LogP contribution in [0.2, 0.25) is 0 Å². The molecule has 4 heteroatoms. The van der Waals surface area contributed by atoms with E-state index in [0.717, 1.165) is 30.6 Å². The molecule has 0 spiro atoms. The first-order valence-electron chi connectivity index (χ1n) is 5.52. The highest BCUT2D eigenvalue weighted by atomic mass is 19.1. The Bertz CT molecular complexity index is 368. The van der Waals surface area contributed by atoms with Crippen molar-refractivity contribution >= 4 is 0 Å². The first kappa shape index (κ1) is 11.2. The van der Waals surface area contributed by atoms with Gasteiger partial charge in [0, 0.05) is 0 Å². The molecule has 0 saturated heterocycles. The van der Waals surface area contributed by atoms with Crippen LogP contribution in [0.4, 0.5) is 4.39 Å². The molecule has 0 aliphatic carbocycles. The van der Waals surface area contributed by atoms with Gasteiger partial charge in [-0.15, -0.1) is 0 Å². The van der Waals surface area contributed by atoms with Gasteiger partial charge < -0.3 is 15.2 Å². The summed E-state index contributed by atoms with van der Waals surface area (Å²) in [6.45, 7) is 0.442. The van der Waals surface area contributed by atoms with Crippen molar-refractivity contribution in [1.82, 2.24) is 0 Å². The van der Waals surface area contributed by atoms with Gasteiger partial charge in [-0.1, -0.05) is 0 Å². The Balaban J connectivity index is 2.18. The molecule has 0 bridgehead atoms. The standard InChI is InChI=1S/C12H16FNO2/c13-7-9-5-10(3-1-2-4-14)12-11(6-9)15-8-16-12/h5-6H,1-4,7-8,14H2. The van der Waals surface area contributed by atoms with Gasteiger partial charge in [-0.25, -0.2) is 4.39 Å². The van der Waals surface area contributed by atoms with Crippen LogP contribution in [0, 0.1) is 0 Å². The lowest BCUT2D eigenvalue weighted by Crippen LogP contribution is -2.00. The molecule has 0 amide bonds. The zero-order chi connectivity index (χ0) is 11.4. The summed E-state index contributed by atoms with van der Waals surface area (Å²) in [5.41, 5.74) is 7.12. The van der Waals surface area contributed by atoms with Crippen LogP contribution in [0.5, 0.6) is 11.5 Å². The van der Waals surface area contributed by atoms with Crippen LogP contribution in [0.25, 0.3) is 0 Å². The summed E-state index contributed by atoms with van der Waals surface area (Å²) >= 11 is 0. The smallest absolute Gasteiger partial charge is 0.231 e. The van der Waals surface area contributed by atoms with Gasteiger partial charge in [-0.3, -0.25) is 0 Å². The Kier molecular flexibility index (Phi) is 3.62. The molecular formula is C12H16FNO2. The molecule has 16 heavy (non-hydrogen) atoms. The van der Waals surface area contributed by atoms with Crippen molar-refractivity contribution in [1.29, 1.82) is 0 Å². The van der Waals surface area contributed by atoms with Gasteiger partial charge in [0.05, 0.1) is 0 Å². The van der Waals surface area contributed by atoms with E-state index in [1.165, 1.54) is 0 Å². The van der Waals surface area contributed by atoms with Crippen molar-refractivity contribution in [3.63, 3.8) is 0 Å². The van der Waals surface area contributed by atoms with Crippen LogP contribution >= 0.6 is 0 Å². The number of nitrogens with two attached hydrogens (primary N) is 1. The summed E-state index contributed by atoms with van der Waals surface area (Å²) < 4.78 is 23.3. The fraction of sp³-hybridized carbons (Fsp3) is 0.500. The number of alkyl halides is 1.